The number of nitrogens with one attached hydrogen (secondary N) is 1. The van der Waals surface area contributed by atoms with Crippen LogP contribution in [0.15, 0.2) is 18.2 Å². The molecule has 0 radical (unpaired) electrons. The fraction of sp³-hybridized carbons (Fsp3) is 0.417. The maximum Gasteiger partial charge on any atom is 0.258 e. The summed E-state index contributed by atoms with van der Waals surface area (Å²) < 4.78 is 5.26. The van der Waals surface area contributed by atoms with E-state index in [0.717, 1.165) is 0 Å². The lowest BCUT2D eigenvalue weighted by molar-refractivity contribution is -0.124. The van der Waals surface area contributed by atoms with Crippen LogP contribution >= 0.6 is 23.2 Å². The highest BCUT2D eigenvalue weighted by Gasteiger charge is 2.10. The number of hydrogen-bond donors (Lipinski definition) is 2. The van der Waals surface area contributed by atoms with E-state index >= 15 is 0 Å². The summed E-state index contributed by atoms with van der Waals surface area (Å²) in [4.78, 5) is 11.5. The number of carbonyl (C=O) groups excluding carboxylic acids is 1. The lowest BCUT2D eigenvalue weighted by Crippen LogP contribution is -2.39. The first-order valence-electron chi connectivity index (χ1n) is 5.54. The summed E-state index contributed by atoms with van der Waals surface area (Å²) in [5, 5.41) is 12.5. The minimum atomic E-state index is -0.313. The average molecular weight is 292 g/mol. The summed E-state index contributed by atoms with van der Waals surface area (Å²) in [6.45, 7) is 1.60. The number of rotatable bonds is 6. The molecule has 0 aliphatic rings. The Bertz CT molecular complexity index is 408. The molecular weight excluding hydrogens is 277 g/mol. The van der Waals surface area contributed by atoms with Gasteiger partial charge in [0.25, 0.3) is 5.91 Å². The molecule has 4 nitrogen and oxygen atoms in total. The monoisotopic (exact) mass is 291 g/mol. The van der Waals surface area contributed by atoms with Crippen molar-refractivity contribution in [3.05, 3.63) is 28.2 Å². The molecule has 0 fully saturated rings. The van der Waals surface area contributed by atoms with Gasteiger partial charge in [-0.3, -0.25) is 4.79 Å². The van der Waals surface area contributed by atoms with Gasteiger partial charge in [-0.15, -0.1) is 0 Å². The average Bonchev–Trinajstić information content (AvgIpc) is 2.37. The van der Waals surface area contributed by atoms with Gasteiger partial charge in [0, 0.05) is 11.1 Å². The van der Waals surface area contributed by atoms with E-state index in [1.807, 2.05) is 6.92 Å². The van der Waals surface area contributed by atoms with Crippen molar-refractivity contribution in [1.82, 2.24) is 5.32 Å². The lowest BCUT2D eigenvalue weighted by atomic mass is 10.2. The van der Waals surface area contributed by atoms with Crippen LogP contribution in [0.4, 0.5) is 0 Å². The van der Waals surface area contributed by atoms with Crippen molar-refractivity contribution in [3.8, 4) is 5.75 Å². The summed E-state index contributed by atoms with van der Waals surface area (Å²) in [7, 11) is 0. The lowest BCUT2D eigenvalue weighted by Gasteiger charge is -2.14. The van der Waals surface area contributed by atoms with Gasteiger partial charge in [-0.25, -0.2) is 0 Å². The van der Waals surface area contributed by atoms with Gasteiger partial charge < -0.3 is 15.2 Å². The first kappa shape index (κ1) is 15.1. The molecule has 0 saturated carbocycles. The van der Waals surface area contributed by atoms with Crippen LogP contribution in [-0.2, 0) is 4.79 Å². The quantitative estimate of drug-likeness (QED) is 0.845. The van der Waals surface area contributed by atoms with E-state index in [4.69, 9.17) is 33.0 Å². The Morgan fingerprint density at radius 3 is 2.83 bits per heavy atom. The van der Waals surface area contributed by atoms with Gasteiger partial charge in [0.05, 0.1) is 17.7 Å². The van der Waals surface area contributed by atoms with Crippen LogP contribution < -0.4 is 10.1 Å². The van der Waals surface area contributed by atoms with Crippen molar-refractivity contribution in [2.45, 2.75) is 19.4 Å². The number of halogens is 2. The molecule has 1 rings (SSSR count). The molecular formula is C12H15Cl2NO3. The van der Waals surface area contributed by atoms with E-state index in [-0.39, 0.29) is 25.2 Å². The van der Waals surface area contributed by atoms with Crippen LogP contribution in [0.5, 0.6) is 5.75 Å². The fourth-order valence-corrected chi connectivity index (χ4v) is 1.61. The first-order chi connectivity index (χ1) is 8.56. The predicted octanol–water partition coefficient (Wildman–Crippen LogP) is 2.26. The van der Waals surface area contributed by atoms with Crippen LogP contribution in [0.25, 0.3) is 0 Å². The maximum absolute atomic E-state index is 11.5. The molecule has 1 atom stereocenters. The number of aliphatic hydroxyl groups is 1. The van der Waals surface area contributed by atoms with E-state index < -0.39 is 0 Å². The fourth-order valence-electron chi connectivity index (χ4n) is 1.28. The van der Waals surface area contributed by atoms with Crippen molar-refractivity contribution in [2.75, 3.05) is 13.2 Å². The molecule has 1 aromatic rings. The molecule has 0 spiro atoms. The molecule has 18 heavy (non-hydrogen) atoms. The third kappa shape index (κ3) is 4.72. The molecule has 1 aromatic carbocycles. The number of aliphatic hydroxyl groups excluding tert-OH is 1. The number of carbonyl (C=O) groups is 1. The Morgan fingerprint density at radius 2 is 2.22 bits per heavy atom. The third-order valence-corrected chi connectivity index (χ3v) is 2.88. The van der Waals surface area contributed by atoms with Gasteiger partial charge in [0.1, 0.15) is 5.75 Å². The highest BCUT2D eigenvalue weighted by Crippen LogP contribution is 2.27. The highest BCUT2D eigenvalue weighted by molar-refractivity contribution is 6.34. The number of benzene rings is 1. The second-order valence-corrected chi connectivity index (χ2v) is 4.56. The standard InChI is InChI=1S/C12H15Cl2NO3/c1-2-9(6-16)15-12(17)7-18-11-5-8(13)3-4-10(11)14/h3-5,9,16H,2,6-7H2,1H3,(H,15,17)/t9-/m1/s1. The van der Waals surface area contributed by atoms with Crippen LogP contribution in [0, 0.1) is 0 Å². The zero-order valence-corrected chi connectivity index (χ0v) is 11.5. The summed E-state index contributed by atoms with van der Waals surface area (Å²) in [6, 6.07) is 4.52. The van der Waals surface area contributed by atoms with Crippen molar-refractivity contribution >= 4 is 29.1 Å². The zero-order valence-electron chi connectivity index (χ0n) is 9.95. The molecule has 0 unspecified atom stereocenters. The second-order valence-electron chi connectivity index (χ2n) is 3.72. The van der Waals surface area contributed by atoms with Crippen LogP contribution in [0.2, 0.25) is 10.0 Å². The Kier molecular flexibility index (Phi) is 6.25. The van der Waals surface area contributed by atoms with Crippen molar-refractivity contribution in [2.24, 2.45) is 0 Å². The van der Waals surface area contributed by atoms with E-state index in [9.17, 15) is 4.79 Å². The minimum Gasteiger partial charge on any atom is -0.482 e. The van der Waals surface area contributed by atoms with E-state index in [1.165, 1.54) is 0 Å². The third-order valence-electron chi connectivity index (χ3n) is 2.33. The summed E-state index contributed by atoms with van der Waals surface area (Å²) in [5.41, 5.74) is 0. The molecule has 0 aromatic heterocycles. The normalized spacial score (nSPS) is 12.0. The summed E-state index contributed by atoms with van der Waals surface area (Å²) in [6.07, 6.45) is 0.653. The van der Waals surface area contributed by atoms with Gasteiger partial charge in [-0.05, 0) is 18.6 Å². The Hall–Kier alpha value is -0.970. The molecule has 0 bridgehead atoms. The van der Waals surface area contributed by atoms with Crippen LogP contribution in [0.1, 0.15) is 13.3 Å². The molecule has 0 heterocycles. The number of amides is 1. The molecule has 0 saturated heterocycles. The van der Waals surface area contributed by atoms with E-state index in [2.05, 4.69) is 5.32 Å². The van der Waals surface area contributed by atoms with Gasteiger partial charge in [-0.1, -0.05) is 30.1 Å². The summed E-state index contributed by atoms with van der Waals surface area (Å²) >= 11 is 11.7. The van der Waals surface area contributed by atoms with Crippen LogP contribution in [0.3, 0.4) is 0 Å². The van der Waals surface area contributed by atoms with E-state index in [0.29, 0.717) is 22.2 Å². The summed E-state index contributed by atoms with van der Waals surface area (Å²) in [5.74, 6) is 0.0447. The van der Waals surface area contributed by atoms with E-state index in [1.54, 1.807) is 18.2 Å². The van der Waals surface area contributed by atoms with Crippen molar-refractivity contribution < 1.29 is 14.6 Å². The topological polar surface area (TPSA) is 58.6 Å². The minimum absolute atomic E-state index is 0.0971. The van der Waals surface area contributed by atoms with Gasteiger partial charge in [0.2, 0.25) is 0 Å². The van der Waals surface area contributed by atoms with Crippen molar-refractivity contribution in [1.29, 1.82) is 0 Å². The number of hydrogen-bond acceptors (Lipinski definition) is 3. The SMILES string of the molecule is CC[C@H](CO)NC(=O)COc1cc(Cl)ccc1Cl. The Labute approximate surface area is 116 Å². The Balaban J connectivity index is 2.49. The highest BCUT2D eigenvalue weighted by atomic mass is 35.5. The van der Waals surface area contributed by atoms with Crippen LogP contribution in [-0.4, -0.2) is 30.3 Å². The molecule has 0 aliphatic carbocycles. The molecule has 6 heteroatoms. The van der Waals surface area contributed by atoms with Gasteiger partial charge in [-0.2, -0.15) is 0 Å². The second kappa shape index (κ2) is 7.46. The largest absolute Gasteiger partial charge is 0.482 e. The zero-order chi connectivity index (χ0) is 13.5. The smallest absolute Gasteiger partial charge is 0.258 e. The Morgan fingerprint density at radius 1 is 1.50 bits per heavy atom. The first-order valence-corrected chi connectivity index (χ1v) is 6.30. The maximum atomic E-state index is 11.5. The molecule has 100 valence electrons. The number of ether oxygens (including phenoxy) is 1. The van der Waals surface area contributed by atoms with Crippen molar-refractivity contribution in [3.63, 3.8) is 0 Å². The van der Waals surface area contributed by atoms with Gasteiger partial charge >= 0.3 is 0 Å². The molecule has 0 aliphatic heterocycles. The molecule has 2 N–H and O–H groups in total. The molecule has 1 amide bonds. The predicted molar refractivity (Wildman–Crippen MR) is 71.3 cm³/mol. The van der Waals surface area contributed by atoms with Gasteiger partial charge in [0.15, 0.2) is 6.61 Å².